The molecule has 0 aliphatic carbocycles. The summed E-state index contributed by atoms with van der Waals surface area (Å²) in [6, 6.07) is 11.4. The van der Waals surface area contributed by atoms with Gasteiger partial charge < -0.3 is 15.8 Å². The molecule has 0 saturated carbocycles. The third-order valence-electron chi connectivity index (χ3n) is 2.72. The maximum Gasteiger partial charge on any atom is 0.153 e. The van der Waals surface area contributed by atoms with E-state index in [0.717, 1.165) is 30.9 Å². The maximum absolute atomic E-state index is 5.83. The monoisotopic (exact) mass is 257 g/mol. The second-order valence-electron chi connectivity index (χ2n) is 4.29. The van der Waals surface area contributed by atoms with Crippen LogP contribution in [-0.4, -0.2) is 11.6 Å². The standard InChI is InChI=1S/C15H19N3O/c1-2-3-11-19-13-8-6-12(7-9-13)18-15-14(16)5-4-10-17-15/h4-10H,2-3,11,16H2,1H3,(H,17,18). The van der Waals surface area contributed by atoms with E-state index in [2.05, 4.69) is 17.2 Å². The zero-order valence-corrected chi connectivity index (χ0v) is 11.1. The first kappa shape index (κ1) is 13.2. The molecule has 0 aliphatic heterocycles. The van der Waals surface area contributed by atoms with Crippen molar-refractivity contribution in [2.75, 3.05) is 17.7 Å². The molecule has 3 N–H and O–H groups in total. The lowest BCUT2D eigenvalue weighted by atomic mass is 10.3. The Morgan fingerprint density at radius 1 is 1.21 bits per heavy atom. The van der Waals surface area contributed by atoms with Crippen molar-refractivity contribution in [3.63, 3.8) is 0 Å². The summed E-state index contributed by atoms with van der Waals surface area (Å²) in [6.45, 7) is 2.91. The third-order valence-corrected chi connectivity index (χ3v) is 2.72. The molecule has 0 radical (unpaired) electrons. The minimum absolute atomic E-state index is 0.630. The summed E-state index contributed by atoms with van der Waals surface area (Å²) in [5.41, 5.74) is 7.40. The van der Waals surface area contributed by atoms with Crippen molar-refractivity contribution in [3.05, 3.63) is 42.6 Å². The molecule has 4 heteroatoms. The predicted octanol–water partition coefficient (Wildman–Crippen LogP) is 3.59. The number of ether oxygens (including phenoxy) is 1. The molecule has 0 atom stereocenters. The summed E-state index contributed by atoms with van der Waals surface area (Å²) in [5, 5.41) is 3.17. The molecular weight excluding hydrogens is 238 g/mol. The number of hydrogen-bond donors (Lipinski definition) is 2. The number of pyridine rings is 1. The molecule has 100 valence electrons. The summed E-state index contributed by atoms with van der Waals surface area (Å²) >= 11 is 0. The van der Waals surface area contributed by atoms with Crippen LogP contribution in [0.5, 0.6) is 5.75 Å². The van der Waals surface area contributed by atoms with Crippen LogP contribution in [0.4, 0.5) is 17.2 Å². The number of nitrogens with zero attached hydrogens (tertiary/aromatic N) is 1. The number of anilines is 3. The summed E-state index contributed by atoms with van der Waals surface area (Å²) < 4.78 is 5.61. The smallest absolute Gasteiger partial charge is 0.153 e. The number of hydrogen-bond acceptors (Lipinski definition) is 4. The Morgan fingerprint density at radius 3 is 2.68 bits per heavy atom. The predicted molar refractivity (Wildman–Crippen MR) is 78.8 cm³/mol. The van der Waals surface area contributed by atoms with Gasteiger partial charge in [-0.05, 0) is 42.8 Å². The van der Waals surface area contributed by atoms with Gasteiger partial charge in [0.2, 0.25) is 0 Å². The average Bonchev–Trinajstić information content (AvgIpc) is 2.44. The second kappa shape index (κ2) is 6.64. The van der Waals surface area contributed by atoms with Crippen molar-refractivity contribution in [2.24, 2.45) is 0 Å². The molecule has 0 spiro atoms. The molecule has 0 amide bonds. The van der Waals surface area contributed by atoms with Crippen molar-refractivity contribution in [2.45, 2.75) is 19.8 Å². The highest BCUT2D eigenvalue weighted by molar-refractivity contribution is 5.68. The van der Waals surface area contributed by atoms with Crippen molar-refractivity contribution in [1.29, 1.82) is 0 Å². The van der Waals surface area contributed by atoms with Gasteiger partial charge in [-0.3, -0.25) is 0 Å². The van der Waals surface area contributed by atoms with Gasteiger partial charge in [-0.15, -0.1) is 0 Å². The lowest BCUT2D eigenvalue weighted by Crippen LogP contribution is -1.99. The van der Waals surface area contributed by atoms with E-state index in [1.54, 1.807) is 6.20 Å². The lowest BCUT2D eigenvalue weighted by molar-refractivity contribution is 0.309. The fourth-order valence-corrected chi connectivity index (χ4v) is 1.63. The van der Waals surface area contributed by atoms with Crippen LogP contribution in [0.15, 0.2) is 42.6 Å². The first-order valence-electron chi connectivity index (χ1n) is 6.50. The molecule has 0 aliphatic rings. The molecular formula is C15H19N3O. The highest BCUT2D eigenvalue weighted by Gasteiger charge is 2.00. The van der Waals surface area contributed by atoms with E-state index in [-0.39, 0.29) is 0 Å². The first-order chi connectivity index (χ1) is 9.29. The molecule has 0 fully saturated rings. The van der Waals surface area contributed by atoms with Gasteiger partial charge in [-0.2, -0.15) is 0 Å². The van der Waals surface area contributed by atoms with Crippen molar-refractivity contribution in [1.82, 2.24) is 4.98 Å². The van der Waals surface area contributed by atoms with Crippen molar-refractivity contribution >= 4 is 17.2 Å². The molecule has 2 aromatic rings. The Morgan fingerprint density at radius 2 is 2.00 bits per heavy atom. The Hall–Kier alpha value is -2.23. The van der Waals surface area contributed by atoms with Gasteiger partial charge in [0.05, 0.1) is 12.3 Å². The number of unbranched alkanes of at least 4 members (excludes halogenated alkanes) is 1. The average molecular weight is 257 g/mol. The zero-order chi connectivity index (χ0) is 13.5. The zero-order valence-electron chi connectivity index (χ0n) is 11.1. The van der Waals surface area contributed by atoms with Crippen LogP contribution < -0.4 is 15.8 Å². The number of rotatable bonds is 6. The van der Waals surface area contributed by atoms with E-state index >= 15 is 0 Å². The van der Waals surface area contributed by atoms with E-state index in [1.807, 2.05) is 36.4 Å². The van der Waals surface area contributed by atoms with E-state index < -0.39 is 0 Å². The summed E-state index contributed by atoms with van der Waals surface area (Å²) in [7, 11) is 0. The minimum atomic E-state index is 0.630. The van der Waals surface area contributed by atoms with E-state index in [1.165, 1.54) is 0 Å². The van der Waals surface area contributed by atoms with Gasteiger partial charge in [0.1, 0.15) is 5.75 Å². The summed E-state index contributed by atoms with van der Waals surface area (Å²) in [6.07, 6.45) is 3.92. The number of nitrogen functional groups attached to an aromatic ring is 1. The van der Waals surface area contributed by atoms with Crippen molar-refractivity contribution < 1.29 is 4.74 Å². The van der Waals surface area contributed by atoms with Gasteiger partial charge in [0, 0.05) is 11.9 Å². The first-order valence-corrected chi connectivity index (χ1v) is 6.50. The molecule has 2 rings (SSSR count). The van der Waals surface area contributed by atoms with Crippen LogP contribution in [0.2, 0.25) is 0 Å². The van der Waals surface area contributed by atoms with Crippen LogP contribution in [0.1, 0.15) is 19.8 Å². The molecule has 1 aromatic heterocycles. The summed E-state index contributed by atoms with van der Waals surface area (Å²) in [4.78, 5) is 4.19. The number of nitrogens with one attached hydrogen (secondary N) is 1. The van der Waals surface area contributed by atoms with Crippen LogP contribution in [0.3, 0.4) is 0 Å². The lowest BCUT2D eigenvalue weighted by Gasteiger charge is -2.09. The minimum Gasteiger partial charge on any atom is -0.494 e. The SMILES string of the molecule is CCCCOc1ccc(Nc2ncccc2N)cc1. The van der Waals surface area contributed by atoms with E-state index in [9.17, 15) is 0 Å². The molecule has 1 heterocycles. The molecule has 0 unspecified atom stereocenters. The van der Waals surface area contributed by atoms with Gasteiger partial charge >= 0.3 is 0 Å². The largest absolute Gasteiger partial charge is 0.494 e. The maximum atomic E-state index is 5.83. The number of aromatic nitrogens is 1. The fourth-order valence-electron chi connectivity index (χ4n) is 1.63. The Labute approximate surface area is 113 Å². The Balaban J connectivity index is 1.97. The molecule has 0 bridgehead atoms. The van der Waals surface area contributed by atoms with Crippen LogP contribution in [0.25, 0.3) is 0 Å². The number of nitrogens with two attached hydrogens (primary N) is 1. The number of benzene rings is 1. The Kier molecular flexibility index (Phi) is 4.61. The highest BCUT2D eigenvalue weighted by Crippen LogP contribution is 2.22. The van der Waals surface area contributed by atoms with Crippen LogP contribution >= 0.6 is 0 Å². The fraction of sp³-hybridized carbons (Fsp3) is 0.267. The molecule has 0 saturated heterocycles. The second-order valence-corrected chi connectivity index (χ2v) is 4.29. The van der Waals surface area contributed by atoms with E-state index in [4.69, 9.17) is 10.5 Å². The van der Waals surface area contributed by atoms with Gasteiger partial charge in [0.25, 0.3) is 0 Å². The van der Waals surface area contributed by atoms with Gasteiger partial charge in [-0.25, -0.2) is 4.98 Å². The van der Waals surface area contributed by atoms with Crippen LogP contribution in [0, 0.1) is 0 Å². The van der Waals surface area contributed by atoms with Gasteiger partial charge in [0.15, 0.2) is 5.82 Å². The van der Waals surface area contributed by atoms with Gasteiger partial charge in [-0.1, -0.05) is 13.3 Å². The van der Waals surface area contributed by atoms with Crippen LogP contribution in [-0.2, 0) is 0 Å². The summed E-state index contributed by atoms with van der Waals surface area (Å²) in [5.74, 6) is 1.55. The molecule has 4 nitrogen and oxygen atoms in total. The quantitative estimate of drug-likeness (QED) is 0.776. The van der Waals surface area contributed by atoms with Crippen molar-refractivity contribution in [3.8, 4) is 5.75 Å². The Bertz CT molecular complexity index is 511. The molecule has 1 aromatic carbocycles. The molecule has 19 heavy (non-hydrogen) atoms. The van der Waals surface area contributed by atoms with E-state index in [0.29, 0.717) is 11.5 Å². The third kappa shape index (κ3) is 3.88. The normalized spacial score (nSPS) is 10.2. The topological polar surface area (TPSA) is 60.2 Å². The highest BCUT2D eigenvalue weighted by atomic mass is 16.5.